The number of thiazole rings is 1. The first-order valence-electron chi connectivity index (χ1n) is 6.93. The summed E-state index contributed by atoms with van der Waals surface area (Å²) in [6.07, 6.45) is 0. The number of nitrogens with zero attached hydrogens (tertiary/aromatic N) is 3. The third kappa shape index (κ3) is 2.39. The molecule has 1 heterocycles. The van der Waals surface area contributed by atoms with E-state index in [4.69, 9.17) is 0 Å². The molecule has 0 radical (unpaired) electrons. The monoisotopic (exact) mass is 321 g/mol. The van der Waals surface area contributed by atoms with Crippen LogP contribution in [0.4, 0.5) is 10.8 Å². The molecule has 0 spiro atoms. The number of azo groups is 1. The minimum absolute atomic E-state index is 0.00737. The number of fused-ring (bicyclic) bond motifs is 2. The van der Waals surface area contributed by atoms with E-state index in [0.29, 0.717) is 21.6 Å². The highest BCUT2D eigenvalue weighted by molar-refractivity contribution is 7.21. The van der Waals surface area contributed by atoms with Crippen LogP contribution in [0, 0.1) is 0 Å². The van der Waals surface area contributed by atoms with Crippen molar-refractivity contribution in [2.45, 2.75) is 0 Å². The fourth-order valence-corrected chi connectivity index (χ4v) is 3.20. The van der Waals surface area contributed by atoms with Crippen molar-refractivity contribution < 1.29 is 10.2 Å². The first kappa shape index (κ1) is 13.7. The van der Waals surface area contributed by atoms with E-state index in [0.717, 1.165) is 10.2 Å². The molecule has 0 saturated carbocycles. The number of hydrogen-bond acceptors (Lipinski definition) is 6. The number of rotatable bonds is 2. The zero-order valence-electron chi connectivity index (χ0n) is 11.8. The third-order valence-corrected chi connectivity index (χ3v) is 4.43. The average molecular weight is 321 g/mol. The van der Waals surface area contributed by atoms with E-state index in [1.807, 2.05) is 24.3 Å². The van der Waals surface area contributed by atoms with E-state index >= 15 is 0 Å². The number of phenols is 2. The molecule has 6 heteroatoms. The predicted molar refractivity (Wildman–Crippen MR) is 91.1 cm³/mol. The molecule has 2 N–H and O–H groups in total. The lowest BCUT2D eigenvalue weighted by molar-refractivity contribution is 0.476. The summed E-state index contributed by atoms with van der Waals surface area (Å²) in [5.41, 5.74) is 1.18. The van der Waals surface area contributed by atoms with Gasteiger partial charge in [-0.2, -0.15) is 0 Å². The highest BCUT2D eigenvalue weighted by Crippen LogP contribution is 2.39. The van der Waals surface area contributed by atoms with Gasteiger partial charge in [0.25, 0.3) is 0 Å². The molecule has 0 aliphatic heterocycles. The molecule has 1 aromatic heterocycles. The molecule has 0 bridgehead atoms. The zero-order chi connectivity index (χ0) is 15.8. The van der Waals surface area contributed by atoms with Gasteiger partial charge in [-0.25, -0.2) is 4.98 Å². The summed E-state index contributed by atoms with van der Waals surface area (Å²) >= 11 is 1.43. The van der Waals surface area contributed by atoms with Crippen molar-refractivity contribution in [3.63, 3.8) is 0 Å². The number of aromatic nitrogens is 1. The molecule has 112 valence electrons. The van der Waals surface area contributed by atoms with Gasteiger partial charge in [-0.1, -0.05) is 35.6 Å². The third-order valence-electron chi connectivity index (χ3n) is 3.51. The van der Waals surface area contributed by atoms with Crippen LogP contribution in [0.2, 0.25) is 0 Å². The minimum Gasteiger partial charge on any atom is -0.507 e. The summed E-state index contributed by atoms with van der Waals surface area (Å²) in [7, 11) is 0. The number of phenolic OH excluding ortho intramolecular Hbond substituents is 2. The van der Waals surface area contributed by atoms with Gasteiger partial charge in [0.1, 0.15) is 17.2 Å². The Morgan fingerprint density at radius 2 is 1.65 bits per heavy atom. The van der Waals surface area contributed by atoms with Crippen molar-refractivity contribution in [2.75, 3.05) is 0 Å². The predicted octanol–water partition coefficient (Wildman–Crippen LogP) is 5.28. The van der Waals surface area contributed by atoms with Gasteiger partial charge in [-0.15, -0.1) is 10.2 Å². The van der Waals surface area contributed by atoms with Crippen molar-refractivity contribution in [1.82, 2.24) is 4.98 Å². The van der Waals surface area contributed by atoms with Gasteiger partial charge in [-0.3, -0.25) is 0 Å². The number of benzene rings is 3. The Kier molecular flexibility index (Phi) is 3.17. The highest BCUT2D eigenvalue weighted by atomic mass is 32.1. The maximum absolute atomic E-state index is 10.1. The lowest BCUT2D eigenvalue weighted by atomic mass is 10.1. The number of aromatic hydroxyl groups is 2. The molecule has 3 aromatic carbocycles. The lowest BCUT2D eigenvalue weighted by Crippen LogP contribution is -1.76. The Balaban J connectivity index is 1.83. The van der Waals surface area contributed by atoms with Crippen molar-refractivity contribution >= 4 is 43.1 Å². The molecule has 0 atom stereocenters. The molecule has 5 nitrogen and oxygen atoms in total. The Morgan fingerprint density at radius 1 is 0.783 bits per heavy atom. The fraction of sp³-hybridized carbons (Fsp3) is 0. The van der Waals surface area contributed by atoms with Crippen LogP contribution in [0.3, 0.4) is 0 Å². The van der Waals surface area contributed by atoms with E-state index in [1.165, 1.54) is 17.4 Å². The van der Waals surface area contributed by atoms with Crippen LogP contribution in [0.5, 0.6) is 11.5 Å². The van der Waals surface area contributed by atoms with Gasteiger partial charge in [-0.05, 0) is 30.3 Å². The second-order valence-electron chi connectivity index (χ2n) is 4.97. The molecule has 0 aliphatic carbocycles. The second-order valence-corrected chi connectivity index (χ2v) is 5.98. The smallest absolute Gasteiger partial charge is 0.231 e. The van der Waals surface area contributed by atoms with Gasteiger partial charge >= 0.3 is 0 Å². The summed E-state index contributed by atoms with van der Waals surface area (Å²) in [6.45, 7) is 0. The van der Waals surface area contributed by atoms with Crippen LogP contribution in [-0.4, -0.2) is 15.2 Å². The molecule has 0 fully saturated rings. The molecular weight excluding hydrogens is 310 g/mol. The summed E-state index contributed by atoms with van der Waals surface area (Å²) in [5.74, 6) is 0.145. The minimum atomic E-state index is 0.00737. The molecule has 0 aliphatic rings. The van der Waals surface area contributed by atoms with Crippen LogP contribution in [0.25, 0.3) is 21.0 Å². The quantitative estimate of drug-likeness (QED) is 0.493. The van der Waals surface area contributed by atoms with Crippen molar-refractivity contribution in [3.8, 4) is 11.5 Å². The SMILES string of the molecule is Oc1ccc2c(O)cccc2c1N=Nc1nc2ccccc2s1. The largest absolute Gasteiger partial charge is 0.507 e. The van der Waals surface area contributed by atoms with Gasteiger partial charge in [0.15, 0.2) is 0 Å². The van der Waals surface area contributed by atoms with E-state index < -0.39 is 0 Å². The fourth-order valence-electron chi connectivity index (χ4n) is 2.41. The van der Waals surface area contributed by atoms with E-state index in [-0.39, 0.29) is 11.5 Å². The Bertz CT molecular complexity index is 1020. The lowest BCUT2D eigenvalue weighted by Gasteiger charge is -2.04. The Labute approximate surface area is 135 Å². The maximum Gasteiger partial charge on any atom is 0.231 e. The van der Waals surface area contributed by atoms with Crippen LogP contribution in [0.15, 0.2) is 64.8 Å². The Hall–Kier alpha value is -2.99. The maximum atomic E-state index is 10.1. The van der Waals surface area contributed by atoms with Crippen molar-refractivity contribution in [3.05, 3.63) is 54.6 Å². The standard InChI is InChI=1S/C17H11N3O2S/c21-13-6-3-4-11-10(13)8-9-14(22)16(11)19-20-17-18-12-5-1-2-7-15(12)23-17/h1-9,21-22H. The molecule has 23 heavy (non-hydrogen) atoms. The number of hydrogen-bond donors (Lipinski definition) is 2. The molecule has 0 saturated heterocycles. The second kappa shape index (κ2) is 5.33. The van der Waals surface area contributed by atoms with Gasteiger partial charge in [0, 0.05) is 10.8 Å². The molecule has 0 amide bonds. The molecule has 4 aromatic rings. The topological polar surface area (TPSA) is 78.1 Å². The van der Waals surface area contributed by atoms with Gasteiger partial charge in [0.05, 0.1) is 10.2 Å². The molecule has 0 unspecified atom stereocenters. The van der Waals surface area contributed by atoms with Crippen LogP contribution in [-0.2, 0) is 0 Å². The van der Waals surface area contributed by atoms with Crippen molar-refractivity contribution in [2.24, 2.45) is 10.2 Å². The zero-order valence-corrected chi connectivity index (χ0v) is 12.7. The summed E-state index contributed by atoms with van der Waals surface area (Å²) in [5, 5.41) is 30.0. The summed E-state index contributed by atoms with van der Waals surface area (Å²) < 4.78 is 1.03. The van der Waals surface area contributed by atoms with Gasteiger partial charge in [0.2, 0.25) is 5.13 Å². The van der Waals surface area contributed by atoms with E-state index in [9.17, 15) is 10.2 Å². The van der Waals surface area contributed by atoms with Crippen LogP contribution >= 0.6 is 11.3 Å². The van der Waals surface area contributed by atoms with E-state index in [1.54, 1.807) is 24.3 Å². The number of para-hydroxylation sites is 1. The average Bonchev–Trinajstić information content (AvgIpc) is 2.97. The van der Waals surface area contributed by atoms with Crippen molar-refractivity contribution in [1.29, 1.82) is 0 Å². The Morgan fingerprint density at radius 3 is 2.52 bits per heavy atom. The highest BCUT2D eigenvalue weighted by Gasteiger charge is 2.09. The van der Waals surface area contributed by atoms with Crippen LogP contribution in [0.1, 0.15) is 0 Å². The molecular formula is C17H11N3O2S. The summed E-state index contributed by atoms with van der Waals surface area (Å²) in [6, 6.07) is 16.0. The van der Waals surface area contributed by atoms with Crippen LogP contribution < -0.4 is 0 Å². The molecule has 4 rings (SSSR count). The van der Waals surface area contributed by atoms with E-state index in [2.05, 4.69) is 15.2 Å². The first-order chi connectivity index (χ1) is 11.2. The normalized spacial score (nSPS) is 11.7. The summed E-state index contributed by atoms with van der Waals surface area (Å²) in [4.78, 5) is 4.38. The first-order valence-corrected chi connectivity index (χ1v) is 7.75. The van der Waals surface area contributed by atoms with Gasteiger partial charge < -0.3 is 10.2 Å².